The number of hydrogen-bond acceptors (Lipinski definition) is 4. The van der Waals surface area contributed by atoms with Gasteiger partial charge >= 0.3 is 6.01 Å². The van der Waals surface area contributed by atoms with Crippen LogP contribution in [0.3, 0.4) is 0 Å². The number of hydrogen-bond donors (Lipinski definition) is 1. The van der Waals surface area contributed by atoms with Crippen molar-refractivity contribution in [2.75, 3.05) is 5.73 Å². The van der Waals surface area contributed by atoms with Gasteiger partial charge in [0, 0.05) is 17.2 Å². The van der Waals surface area contributed by atoms with E-state index in [1.807, 2.05) is 0 Å². The molecule has 0 unspecified atom stereocenters. The van der Waals surface area contributed by atoms with E-state index in [1.54, 1.807) is 24.3 Å². The Bertz CT molecular complexity index is 545. The lowest BCUT2D eigenvalue weighted by molar-refractivity contribution is 0.442. The van der Waals surface area contributed by atoms with E-state index in [4.69, 9.17) is 33.7 Å². The van der Waals surface area contributed by atoms with Crippen LogP contribution in [-0.4, -0.2) is 9.97 Å². The SMILES string of the molecule is Nc1cc(Br)nc(Oc2cc(Cl)ccc2Cl)n1. The van der Waals surface area contributed by atoms with E-state index in [0.717, 1.165) is 0 Å². The smallest absolute Gasteiger partial charge is 0.325 e. The first-order valence-electron chi connectivity index (χ1n) is 4.47. The number of nitrogens with zero attached hydrogens (tertiary/aromatic N) is 2. The van der Waals surface area contributed by atoms with Gasteiger partial charge in [-0.3, -0.25) is 0 Å². The first-order chi connectivity index (χ1) is 8.04. The molecule has 0 atom stereocenters. The van der Waals surface area contributed by atoms with Gasteiger partial charge in [-0.15, -0.1) is 0 Å². The molecule has 4 nitrogen and oxygen atoms in total. The highest BCUT2D eigenvalue weighted by atomic mass is 79.9. The lowest BCUT2D eigenvalue weighted by Crippen LogP contribution is -1.97. The van der Waals surface area contributed by atoms with Gasteiger partial charge < -0.3 is 10.5 Å². The van der Waals surface area contributed by atoms with Crippen molar-refractivity contribution in [2.45, 2.75) is 0 Å². The van der Waals surface area contributed by atoms with E-state index in [9.17, 15) is 0 Å². The minimum absolute atomic E-state index is 0.0982. The predicted molar refractivity (Wildman–Crippen MR) is 70.7 cm³/mol. The van der Waals surface area contributed by atoms with Gasteiger partial charge in [-0.2, -0.15) is 9.97 Å². The molecule has 0 aliphatic carbocycles. The van der Waals surface area contributed by atoms with Crippen molar-refractivity contribution in [3.05, 3.63) is 38.9 Å². The van der Waals surface area contributed by atoms with Crippen LogP contribution in [0.5, 0.6) is 11.8 Å². The maximum Gasteiger partial charge on any atom is 0.325 e. The molecule has 0 radical (unpaired) electrons. The first kappa shape index (κ1) is 12.4. The summed E-state index contributed by atoms with van der Waals surface area (Å²) >= 11 is 15.0. The molecular formula is C10H6BrCl2N3O. The Morgan fingerprint density at radius 3 is 2.65 bits per heavy atom. The number of nitrogens with two attached hydrogens (primary N) is 1. The summed E-state index contributed by atoms with van der Waals surface area (Å²) in [5.74, 6) is 0.664. The fourth-order valence-electron chi connectivity index (χ4n) is 1.11. The second-order valence-corrected chi connectivity index (χ2v) is 4.73. The van der Waals surface area contributed by atoms with E-state index >= 15 is 0 Å². The number of anilines is 1. The van der Waals surface area contributed by atoms with Crippen LogP contribution in [0.4, 0.5) is 5.82 Å². The van der Waals surface area contributed by atoms with Crippen LogP contribution in [-0.2, 0) is 0 Å². The summed E-state index contributed by atoms with van der Waals surface area (Å²) < 4.78 is 5.93. The number of aromatic nitrogens is 2. The Morgan fingerprint density at radius 2 is 1.94 bits per heavy atom. The van der Waals surface area contributed by atoms with E-state index in [1.165, 1.54) is 0 Å². The van der Waals surface area contributed by atoms with Crippen LogP contribution in [0.25, 0.3) is 0 Å². The third kappa shape index (κ3) is 3.21. The molecule has 2 rings (SSSR count). The normalized spacial score (nSPS) is 10.3. The van der Waals surface area contributed by atoms with Crippen molar-refractivity contribution >= 4 is 44.9 Å². The molecule has 0 bridgehead atoms. The van der Waals surface area contributed by atoms with Crippen LogP contribution in [0.2, 0.25) is 10.0 Å². The van der Waals surface area contributed by atoms with Gasteiger partial charge in [-0.25, -0.2) is 0 Å². The van der Waals surface area contributed by atoms with Gasteiger partial charge in [0.25, 0.3) is 0 Å². The van der Waals surface area contributed by atoms with Gasteiger partial charge in [0.2, 0.25) is 0 Å². The predicted octanol–water partition coefficient (Wildman–Crippen LogP) is 3.92. The molecule has 0 fully saturated rings. The average Bonchev–Trinajstić information content (AvgIpc) is 2.22. The zero-order valence-corrected chi connectivity index (χ0v) is 11.4. The summed E-state index contributed by atoms with van der Waals surface area (Å²) in [5, 5.41) is 0.920. The van der Waals surface area contributed by atoms with Crippen LogP contribution >= 0.6 is 39.1 Å². The van der Waals surface area contributed by atoms with Crippen molar-refractivity contribution < 1.29 is 4.74 Å². The number of rotatable bonds is 2. The average molecular weight is 335 g/mol. The van der Waals surface area contributed by atoms with Crippen molar-refractivity contribution in [2.24, 2.45) is 0 Å². The number of nitrogen functional groups attached to an aromatic ring is 1. The fourth-order valence-corrected chi connectivity index (χ4v) is 1.82. The van der Waals surface area contributed by atoms with Crippen molar-refractivity contribution in [1.29, 1.82) is 0 Å². The van der Waals surface area contributed by atoms with Crippen molar-refractivity contribution in [1.82, 2.24) is 9.97 Å². The molecule has 0 amide bonds. The Balaban J connectivity index is 2.34. The molecule has 1 aromatic heterocycles. The zero-order chi connectivity index (χ0) is 12.4. The van der Waals surface area contributed by atoms with Gasteiger partial charge in [0.15, 0.2) is 5.75 Å². The molecule has 0 saturated heterocycles. The third-order valence-corrected chi connectivity index (χ3v) is 2.74. The summed E-state index contributed by atoms with van der Waals surface area (Å²) in [6, 6.07) is 6.52. The summed E-state index contributed by atoms with van der Waals surface area (Å²) in [6.07, 6.45) is 0. The monoisotopic (exact) mass is 333 g/mol. The molecule has 2 aromatic rings. The topological polar surface area (TPSA) is 61.0 Å². The second kappa shape index (κ2) is 5.08. The van der Waals surface area contributed by atoms with E-state index in [2.05, 4.69) is 25.9 Å². The molecule has 0 aliphatic rings. The maximum absolute atomic E-state index is 5.94. The van der Waals surface area contributed by atoms with Gasteiger partial charge in [0.1, 0.15) is 10.4 Å². The molecule has 0 saturated carbocycles. The molecule has 0 aliphatic heterocycles. The van der Waals surface area contributed by atoms with Gasteiger partial charge in [-0.1, -0.05) is 23.2 Å². The summed E-state index contributed by atoms with van der Waals surface area (Å²) in [7, 11) is 0. The number of benzene rings is 1. The lowest BCUT2D eigenvalue weighted by Gasteiger charge is -2.06. The minimum Gasteiger partial charge on any atom is -0.423 e. The van der Waals surface area contributed by atoms with Crippen molar-refractivity contribution in [3.8, 4) is 11.8 Å². The molecule has 0 spiro atoms. The molecule has 1 aromatic carbocycles. The molecule has 2 N–H and O–H groups in total. The van der Waals surface area contributed by atoms with Crippen molar-refractivity contribution in [3.63, 3.8) is 0 Å². The minimum atomic E-state index is 0.0982. The summed E-state index contributed by atoms with van der Waals surface area (Å²) in [4.78, 5) is 7.91. The number of halogens is 3. The largest absolute Gasteiger partial charge is 0.423 e. The highest BCUT2D eigenvalue weighted by Crippen LogP contribution is 2.31. The number of ether oxygens (including phenoxy) is 1. The van der Waals surface area contributed by atoms with E-state index in [-0.39, 0.29) is 6.01 Å². The van der Waals surface area contributed by atoms with E-state index < -0.39 is 0 Å². The second-order valence-electron chi connectivity index (χ2n) is 3.07. The lowest BCUT2D eigenvalue weighted by atomic mass is 10.3. The molecule has 17 heavy (non-hydrogen) atoms. The standard InChI is InChI=1S/C10H6BrCl2N3O/c11-8-4-9(14)16-10(15-8)17-7-3-5(12)1-2-6(7)13/h1-4H,(H2,14,15,16). The fraction of sp³-hybridized carbons (Fsp3) is 0. The van der Waals surface area contributed by atoms with Crippen LogP contribution in [0.15, 0.2) is 28.9 Å². The first-order valence-corrected chi connectivity index (χ1v) is 6.02. The van der Waals surface area contributed by atoms with Gasteiger partial charge in [-0.05, 0) is 28.1 Å². The molecule has 88 valence electrons. The van der Waals surface area contributed by atoms with Crippen LogP contribution in [0, 0.1) is 0 Å². The Morgan fingerprint density at radius 1 is 1.18 bits per heavy atom. The highest BCUT2D eigenvalue weighted by molar-refractivity contribution is 9.10. The molecule has 7 heteroatoms. The third-order valence-electron chi connectivity index (χ3n) is 1.79. The van der Waals surface area contributed by atoms with Gasteiger partial charge in [0.05, 0.1) is 5.02 Å². The highest BCUT2D eigenvalue weighted by Gasteiger charge is 2.07. The Labute approximate surface area is 116 Å². The quantitative estimate of drug-likeness (QED) is 0.845. The summed E-state index contributed by atoms with van der Waals surface area (Å²) in [5.41, 5.74) is 5.56. The van der Waals surface area contributed by atoms with E-state index in [0.29, 0.717) is 26.2 Å². The van der Waals surface area contributed by atoms with Crippen LogP contribution < -0.4 is 10.5 Å². The Kier molecular flexibility index (Phi) is 3.71. The summed E-state index contributed by atoms with van der Waals surface area (Å²) in [6.45, 7) is 0. The molecular weight excluding hydrogens is 329 g/mol. The zero-order valence-electron chi connectivity index (χ0n) is 8.32. The molecule has 1 heterocycles. The maximum atomic E-state index is 5.94. The Hall–Kier alpha value is -1.04. The van der Waals surface area contributed by atoms with Crippen LogP contribution in [0.1, 0.15) is 0 Å².